The Hall–Kier alpha value is -3.50. The Bertz CT molecular complexity index is 1050. The maximum absolute atomic E-state index is 12.1. The normalized spacial score (nSPS) is 11.3. The molecule has 0 fully saturated rings. The first-order valence-electron chi connectivity index (χ1n) is 11.2. The van der Waals surface area contributed by atoms with Gasteiger partial charge >= 0.3 is 0 Å². The molecule has 162 valence electrons. The molecular formula is C28H29N3O. The molecule has 2 N–H and O–H groups in total. The van der Waals surface area contributed by atoms with E-state index in [4.69, 9.17) is 0 Å². The van der Waals surface area contributed by atoms with Gasteiger partial charge in [-0.25, -0.2) is 0 Å². The summed E-state index contributed by atoms with van der Waals surface area (Å²) in [4.78, 5) is 8.71. The molecule has 4 aromatic rings. The zero-order chi connectivity index (χ0) is 22.1. The van der Waals surface area contributed by atoms with Crippen LogP contribution in [0.15, 0.2) is 104 Å². The summed E-state index contributed by atoms with van der Waals surface area (Å²) in [6, 6.07) is 27.6. The smallest absolute Gasteiger partial charge is 0.159 e. The highest BCUT2D eigenvalue weighted by Crippen LogP contribution is 2.38. The minimum absolute atomic E-state index is 0.620. The molecule has 0 aliphatic carbocycles. The highest BCUT2D eigenvalue weighted by Gasteiger charge is 2.37. The molecule has 4 heteroatoms. The lowest BCUT2D eigenvalue weighted by Gasteiger charge is -2.30. The van der Waals surface area contributed by atoms with Crippen molar-refractivity contribution in [2.45, 2.75) is 31.3 Å². The summed E-state index contributed by atoms with van der Waals surface area (Å²) in [6.07, 6.45) is 9.84. The SMILES string of the molecule is OC(c1ccccc1)(c1ccccc1)c1ncccc1NCCCCCc1ccncc1. The predicted octanol–water partition coefficient (Wildman–Crippen LogP) is 5.59. The number of hydrogen-bond acceptors (Lipinski definition) is 4. The van der Waals surface area contributed by atoms with Crippen molar-refractivity contribution in [1.82, 2.24) is 9.97 Å². The zero-order valence-corrected chi connectivity index (χ0v) is 18.2. The molecule has 0 saturated heterocycles. The summed E-state index contributed by atoms with van der Waals surface area (Å²) in [5.74, 6) is 0. The van der Waals surface area contributed by atoms with Crippen LogP contribution in [-0.4, -0.2) is 21.6 Å². The number of nitrogens with one attached hydrogen (secondary N) is 1. The molecule has 32 heavy (non-hydrogen) atoms. The number of aryl methyl sites for hydroxylation is 1. The van der Waals surface area contributed by atoms with E-state index < -0.39 is 5.60 Å². The lowest BCUT2D eigenvalue weighted by molar-refractivity contribution is 0.121. The lowest BCUT2D eigenvalue weighted by Crippen LogP contribution is -2.31. The molecule has 0 atom stereocenters. The van der Waals surface area contributed by atoms with Crippen LogP contribution < -0.4 is 5.32 Å². The highest BCUT2D eigenvalue weighted by molar-refractivity contribution is 5.57. The molecule has 0 spiro atoms. The number of hydrogen-bond donors (Lipinski definition) is 2. The van der Waals surface area contributed by atoms with Gasteiger partial charge in [-0.15, -0.1) is 0 Å². The van der Waals surface area contributed by atoms with Gasteiger partial charge in [-0.3, -0.25) is 9.97 Å². The first kappa shape index (κ1) is 21.7. The van der Waals surface area contributed by atoms with Crippen molar-refractivity contribution in [3.8, 4) is 0 Å². The maximum Gasteiger partial charge on any atom is 0.159 e. The van der Waals surface area contributed by atoms with Gasteiger partial charge in [-0.1, -0.05) is 67.1 Å². The summed E-state index contributed by atoms with van der Waals surface area (Å²) < 4.78 is 0. The van der Waals surface area contributed by atoms with Gasteiger partial charge in [0.05, 0.1) is 5.69 Å². The third-order valence-corrected chi connectivity index (χ3v) is 5.74. The summed E-state index contributed by atoms with van der Waals surface area (Å²) in [5.41, 5.74) is 3.06. The second kappa shape index (κ2) is 10.7. The van der Waals surface area contributed by atoms with Crippen LogP contribution in [0, 0.1) is 0 Å². The van der Waals surface area contributed by atoms with E-state index in [0.717, 1.165) is 49.0 Å². The largest absolute Gasteiger partial charge is 0.383 e. The molecule has 0 saturated carbocycles. The van der Waals surface area contributed by atoms with E-state index in [1.54, 1.807) is 6.20 Å². The number of nitrogens with zero attached hydrogens (tertiary/aromatic N) is 2. The third kappa shape index (κ3) is 5.04. The average molecular weight is 424 g/mol. The number of unbranched alkanes of at least 4 members (excludes halogenated alkanes) is 2. The van der Waals surface area contributed by atoms with Crippen LogP contribution in [0.2, 0.25) is 0 Å². The van der Waals surface area contributed by atoms with Gasteiger partial charge in [0.15, 0.2) is 5.60 Å². The minimum atomic E-state index is -1.34. The number of rotatable bonds is 10. The Morgan fingerprint density at radius 1 is 0.688 bits per heavy atom. The van der Waals surface area contributed by atoms with Crippen molar-refractivity contribution in [1.29, 1.82) is 0 Å². The van der Waals surface area contributed by atoms with Crippen LogP contribution in [0.3, 0.4) is 0 Å². The van der Waals surface area contributed by atoms with Gasteiger partial charge < -0.3 is 10.4 Å². The van der Waals surface area contributed by atoms with E-state index >= 15 is 0 Å². The van der Waals surface area contributed by atoms with E-state index in [1.165, 1.54) is 5.56 Å². The molecule has 0 aliphatic rings. The number of pyridine rings is 2. The number of anilines is 1. The summed E-state index contributed by atoms with van der Waals surface area (Å²) >= 11 is 0. The van der Waals surface area contributed by atoms with Gasteiger partial charge in [0.2, 0.25) is 0 Å². The Balaban J connectivity index is 1.48. The first-order valence-corrected chi connectivity index (χ1v) is 11.2. The predicted molar refractivity (Wildman–Crippen MR) is 130 cm³/mol. The van der Waals surface area contributed by atoms with E-state index in [1.807, 2.05) is 85.2 Å². The van der Waals surface area contributed by atoms with E-state index in [2.05, 4.69) is 27.4 Å². The van der Waals surface area contributed by atoms with Crippen LogP contribution in [0.1, 0.15) is 41.6 Å². The molecule has 2 aromatic carbocycles. The second-order valence-electron chi connectivity index (χ2n) is 7.93. The Morgan fingerprint density at radius 2 is 1.34 bits per heavy atom. The maximum atomic E-state index is 12.1. The van der Waals surface area contributed by atoms with Crippen LogP contribution in [0.25, 0.3) is 0 Å². The first-order chi connectivity index (χ1) is 15.8. The van der Waals surface area contributed by atoms with E-state index in [9.17, 15) is 5.11 Å². The Morgan fingerprint density at radius 3 is 2.00 bits per heavy atom. The fraction of sp³-hybridized carbons (Fsp3) is 0.214. The van der Waals surface area contributed by atoms with E-state index in [-0.39, 0.29) is 0 Å². The molecular weight excluding hydrogens is 394 g/mol. The Kier molecular flexibility index (Phi) is 7.26. The van der Waals surface area contributed by atoms with Crippen molar-refractivity contribution >= 4 is 5.69 Å². The zero-order valence-electron chi connectivity index (χ0n) is 18.2. The van der Waals surface area contributed by atoms with Gasteiger partial charge in [-0.05, 0) is 60.2 Å². The summed E-state index contributed by atoms with van der Waals surface area (Å²) in [7, 11) is 0. The van der Waals surface area contributed by atoms with Gasteiger partial charge in [0.25, 0.3) is 0 Å². The highest BCUT2D eigenvalue weighted by atomic mass is 16.3. The van der Waals surface area contributed by atoms with Crippen LogP contribution >= 0.6 is 0 Å². The molecule has 0 radical (unpaired) electrons. The van der Waals surface area contributed by atoms with Crippen LogP contribution in [0.4, 0.5) is 5.69 Å². The molecule has 2 heterocycles. The molecule has 0 amide bonds. The van der Waals surface area contributed by atoms with Crippen molar-refractivity contribution in [3.05, 3.63) is 126 Å². The molecule has 0 aliphatic heterocycles. The number of aliphatic hydroxyl groups is 1. The average Bonchev–Trinajstić information content (AvgIpc) is 2.87. The van der Waals surface area contributed by atoms with Crippen molar-refractivity contribution in [2.75, 3.05) is 11.9 Å². The number of benzene rings is 2. The molecule has 2 aromatic heterocycles. The molecule has 4 rings (SSSR count). The fourth-order valence-corrected chi connectivity index (χ4v) is 4.04. The van der Waals surface area contributed by atoms with Crippen molar-refractivity contribution in [2.24, 2.45) is 0 Å². The molecule has 4 nitrogen and oxygen atoms in total. The topological polar surface area (TPSA) is 58.0 Å². The summed E-state index contributed by atoms with van der Waals surface area (Å²) in [6.45, 7) is 0.828. The van der Waals surface area contributed by atoms with Crippen molar-refractivity contribution in [3.63, 3.8) is 0 Å². The van der Waals surface area contributed by atoms with Gasteiger partial charge in [0, 0.05) is 25.1 Å². The van der Waals surface area contributed by atoms with Crippen molar-refractivity contribution < 1.29 is 5.11 Å². The minimum Gasteiger partial charge on any atom is -0.383 e. The van der Waals surface area contributed by atoms with Crippen LogP contribution in [0.5, 0.6) is 0 Å². The lowest BCUT2D eigenvalue weighted by atomic mass is 9.82. The number of aromatic nitrogens is 2. The van der Waals surface area contributed by atoms with Crippen LogP contribution in [-0.2, 0) is 12.0 Å². The fourth-order valence-electron chi connectivity index (χ4n) is 4.04. The molecule has 0 unspecified atom stereocenters. The molecule has 0 bridgehead atoms. The third-order valence-electron chi connectivity index (χ3n) is 5.74. The monoisotopic (exact) mass is 423 g/mol. The quantitative estimate of drug-likeness (QED) is 0.327. The van der Waals surface area contributed by atoms with Gasteiger partial charge in [-0.2, -0.15) is 0 Å². The second-order valence-corrected chi connectivity index (χ2v) is 7.93. The van der Waals surface area contributed by atoms with Gasteiger partial charge in [0.1, 0.15) is 5.69 Å². The standard InChI is InChI=1S/C28H29N3O/c32-28(24-12-5-1-6-13-24,25-14-7-2-8-15-25)27-26(16-10-20-31-27)30-19-9-3-4-11-23-17-21-29-22-18-23/h1-2,5-8,10,12-18,20-22,30,32H,3-4,9,11,19H2. The van der Waals surface area contributed by atoms with E-state index in [0.29, 0.717) is 5.69 Å². The Labute approximate surface area is 190 Å². The summed E-state index contributed by atoms with van der Waals surface area (Å²) in [5, 5.41) is 15.6.